The van der Waals surface area contributed by atoms with Crippen LogP contribution in [0.2, 0.25) is 0 Å². The summed E-state index contributed by atoms with van der Waals surface area (Å²) < 4.78 is 11.3. The molecule has 1 fully saturated rings. The number of carbonyl (C=O) groups excluding carboxylic acids is 1. The van der Waals surface area contributed by atoms with Gasteiger partial charge in [-0.25, -0.2) is 0 Å². The van der Waals surface area contributed by atoms with E-state index in [9.17, 15) is 30.3 Å². The van der Waals surface area contributed by atoms with Crippen LogP contribution >= 0.6 is 0 Å². The molecule has 79 heavy (non-hydrogen) atoms. The molecule has 6 N–H and O–H groups in total. The molecular formula is C70H127NO8. The number of rotatable bonds is 58. The average molecular weight is 1110 g/mol. The zero-order valence-electron chi connectivity index (χ0n) is 51.4. The van der Waals surface area contributed by atoms with E-state index in [2.05, 4.69) is 79.9 Å². The average Bonchev–Trinajstić information content (AvgIpc) is 3.48. The molecule has 0 bridgehead atoms. The first-order chi connectivity index (χ1) is 38.8. The topological polar surface area (TPSA) is 149 Å². The largest absolute Gasteiger partial charge is 0.394 e. The Morgan fingerprint density at radius 1 is 0.443 bits per heavy atom. The van der Waals surface area contributed by atoms with Crippen molar-refractivity contribution < 1.29 is 39.8 Å². The molecule has 0 spiro atoms. The molecular weight excluding hydrogens is 983 g/mol. The van der Waals surface area contributed by atoms with Gasteiger partial charge in [0, 0.05) is 6.42 Å². The highest BCUT2D eigenvalue weighted by Gasteiger charge is 2.44. The fourth-order valence-corrected chi connectivity index (χ4v) is 10.5. The van der Waals surface area contributed by atoms with Crippen molar-refractivity contribution in [2.75, 3.05) is 13.2 Å². The lowest BCUT2D eigenvalue weighted by molar-refractivity contribution is -0.302. The Balaban J connectivity index is 2.06. The molecule has 9 nitrogen and oxygen atoms in total. The summed E-state index contributed by atoms with van der Waals surface area (Å²) >= 11 is 0. The monoisotopic (exact) mass is 1110 g/mol. The summed E-state index contributed by atoms with van der Waals surface area (Å²) in [4.78, 5) is 13.1. The Bertz CT molecular complexity index is 1470. The van der Waals surface area contributed by atoms with Gasteiger partial charge in [0.15, 0.2) is 6.29 Å². The number of hydrogen-bond donors (Lipinski definition) is 6. The fourth-order valence-electron chi connectivity index (χ4n) is 10.5. The number of nitrogens with one attached hydrogen (secondary N) is 1. The van der Waals surface area contributed by atoms with Gasteiger partial charge < -0.3 is 40.3 Å². The van der Waals surface area contributed by atoms with Gasteiger partial charge in [0.05, 0.1) is 25.4 Å². The van der Waals surface area contributed by atoms with Gasteiger partial charge in [-0.1, -0.05) is 311 Å². The highest BCUT2D eigenvalue weighted by Crippen LogP contribution is 2.23. The lowest BCUT2D eigenvalue weighted by Crippen LogP contribution is -2.60. The molecule has 1 rings (SSSR count). The second-order valence-electron chi connectivity index (χ2n) is 23.2. The first-order valence-corrected chi connectivity index (χ1v) is 33.7. The fraction of sp³-hybridized carbons (Fsp3) is 0.814. The molecule has 0 aromatic rings. The van der Waals surface area contributed by atoms with Crippen molar-refractivity contribution in [3.05, 3.63) is 72.9 Å². The van der Waals surface area contributed by atoms with E-state index in [0.29, 0.717) is 6.42 Å². The zero-order valence-corrected chi connectivity index (χ0v) is 51.4. The van der Waals surface area contributed by atoms with E-state index in [1.54, 1.807) is 6.08 Å². The Kier molecular flexibility index (Phi) is 55.6. The van der Waals surface area contributed by atoms with Gasteiger partial charge in [-0.05, 0) is 64.2 Å². The maximum Gasteiger partial charge on any atom is 0.220 e. The molecule has 0 aromatic carbocycles. The number of allylic oxidation sites excluding steroid dienone is 11. The summed E-state index contributed by atoms with van der Waals surface area (Å²) in [6.45, 7) is 3.69. The molecule has 7 unspecified atom stereocenters. The van der Waals surface area contributed by atoms with Gasteiger partial charge in [0.2, 0.25) is 5.91 Å². The van der Waals surface area contributed by atoms with Gasteiger partial charge in [-0.2, -0.15) is 0 Å². The van der Waals surface area contributed by atoms with E-state index in [-0.39, 0.29) is 12.5 Å². The molecule has 0 saturated carbocycles. The van der Waals surface area contributed by atoms with Crippen molar-refractivity contribution in [2.45, 2.75) is 352 Å². The maximum absolute atomic E-state index is 13.1. The van der Waals surface area contributed by atoms with Gasteiger partial charge in [0.25, 0.3) is 0 Å². The molecule has 9 heteroatoms. The molecule has 7 atom stereocenters. The van der Waals surface area contributed by atoms with Crippen LogP contribution in [0.5, 0.6) is 0 Å². The van der Waals surface area contributed by atoms with E-state index >= 15 is 0 Å². The van der Waals surface area contributed by atoms with Crippen molar-refractivity contribution in [1.82, 2.24) is 5.32 Å². The molecule has 460 valence electrons. The number of aliphatic hydroxyl groups is 5. The highest BCUT2D eigenvalue weighted by molar-refractivity contribution is 5.76. The quantitative estimate of drug-likeness (QED) is 0.0261. The van der Waals surface area contributed by atoms with Gasteiger partial charge in [-0.3, -0.25) is 4.79 Å². The summed E-state index contributed by atoms with van der Waals surface area (Å²) in [6.07, 6.45) is 75.8. The van der Waals surface area contributed by atoms with E-state index in [1.165, 1.54) is 218 Å². The number of aliphatic hydroxyl groups excluding tert-OH is 5. The van der Waals surface area contributed by atoms with E-state index < -0.39 is 49.5 Å². The number of unbranched alkanes of at least 4 members (excludes halogenated alkanes) is 38. The second kappa shape index (κ2) is 58.8. The van der Waals surface area contributed by atoms with E-state index in [0.717, 1.165) is 70.6 Å². The summed E-state index contributed by atoms with van der Waals surface area (Å²) in [5.41, 5.74) is 0. The van der Waals surface area contributed by atoms with Crippen LogP contribution < -0.4 is 5.32 Å². The minimum absolute atomic E-state index is 0.172. The molecule has 0 aromatic heterocycles. The third-order valence-electron chi connectivity index (χ3n) is 15.8. The van der Waals surface area contributed by atoms with Crippen LogP contribution in [0.15, 0.2) is 72.9 Å². The third kappa shape index (κ3) is 47.8. The second-order valence-corrected chi connectivity index (χ2v) is 23.2. The van der Waals surface area contributed by atoms with Gasteiger partial charge in [-0.15, -0.1) is 0 Å². The molecule has 1 saturated heterocycles. The smallest absolute Gasteiger partial charge is 0.220 e. The van der Waals surface area contributed by atoms with Crippen LogP contribution in [0.1, 0.15) is 309 Å². The third-order valence-corrected chi connectivity index (χ3v) is 15.8. The van der Waals surface area contributed by atoms with Crippen molar-refractivity contribution >= 4 is 5.91 Å². The Morgan fingerprint density at radius 3 is 1.16 bits per heavy atom. The van der Waals surface area contributed by atoms with Crippen LogP contribution in [0, 0.1) is 0 Å². The van der Waals surface area contributed by atoms with Crippen LogP contribution in [0.3, 0.4) is 0 Å². The lowest BCUT2D eigenvalue weighted by Gasteiger charge is -2.40. The number of ether oxygens (including phenoxy) is 2. The molecule has 1 amide bonds. The Hall–Kier alpha value is -2.37. The Labute approximate surface area is 487 Å². The number of hydrogen-bond acceptors (Lipinski definition) is 8. The first kappa shape index (κ1) is 74.6. The number of carbonyl (C=O) groups is 1. The van der Waals surface area contributed by atoms with E-state index in [4.69, 9.17) is 9.47 Å². The summed E-state index contributed by atoms with van der Waals surface area (Å²) in [7, 11) is 0. The summed E-state index contributed by atoms with van der Waals surface area (Å²) in [5.74, 6) is -0.172. The zero-order chi connectivity index (χ0) is 57.2. The van der Waals surface area contributed by atoms with Gasteiger partial charge in [0.1, 0.15) is 24.4 Å². The van der Waals surface area contributed by atoms with E-state index in [1.807, 2.05) is 6.08 Å². The maximum atomic E-state index is 13.1. The standard InChI is InChI=1S/C70H127NO8/c1-3-5-7-9-11-13-15-17-19-21-22-23-24-25-26-27-28-29-30-31-32-33-34-35-36-37-38-39-40-41-42-44-46-48-50-52-54-56-58-60-66(74)71-63(62-78-70-69(77)68(76)67(75)65(61-72)79-70)64(73)59-57-55-53-51-49-47-45-43-20-18-16-14-12-10-8-6-4-2/h5,7,11,13,17,19,22-23,25-26,57,59,63-65,67-70,72-73,75-77H,3-4,6,8-10,12,14-16,18,20-21,24,27-56,58,60-62H2,1-2H3,(H,71,74)/b7-5-,13-11-,19-17-,23-22-,26-25-,59-57+. The van der Waals surface area contributed by atoms with Crippen molar-refractivity contribution in [2.24, 2.45) is 0 Å². The first-order valence-electron chi connectivity index (χ1n) is 33.7. The molecule has 1 aliphatic rings. The van der Waals surface area contributed by atoms with Crippen molar-refractivity contribution in [1.29, 1.82) is 0 Å². The van der Waals surface area contributed by atoms with Crippen molar-refractivity contribution in [3.8, 4) is 0 Å². The van der Waals surface area contributed by atoms with Crippen LogP contribution in [-0.4, -0.2) is 87.5 Å². The highest BCUT2D eigenvalue weighted by atomic mass is 16.7. The minimum atomic E-state index is -1.57. The molecule has 0 aliphatic carbocycles. The molecule has 1 heterocycles. The SMILES string of the molecule is CC/C=C\C/C=C\C/C=C\C/C=C\C/C=C\CCCCCCCCCCCCCCCCCCCCCCCCCC(=O)NC(COC1OC(CO)C(O)C(O)C1O)C(O)/C=C/CCCCCCCCCCCCCCCCC. The van der Waals surface area contributed by atoms with Crippen LogP contribution in [0.25, 0.3) is 0 Å². The summed E-state index contributed by atoms with van der Waals surface area (Å²) in [6, 6.07) is -0.805. The lowest BCUT2D eigenvalue weighted by atomic mass is 9.99. The minimum Gasteiger partial charge on any atom is -0.394 e. The van der Waals surface area contributed by atoms with Crippen LogP contribution in [0.4, 0.5) is 0 Å². The van der Waals surface area contributed by atoms with Crippen LogP contribution in [-0.2, 0) is 14.3 Å². The van der Waals surface area contributed by atoms with Crippen molar-refractivity contribution in [3.63, 3.8) is 0 Å². The predicted molar refractivity (Wildman–Crippen MR) is 336 cm³/mol. The molecule has 1 aliphatic heterocycles. The molecule has 0 radical (unpaired) electrons. The van der Waals surface area contributed by atoms with Gasteiger partial charge >= 0.3 is 0 Å². The number of amides is 1. The Morgan fingerprint density at radius 2 is 0.785 bits per heavy atom. The summed E-state index contributed by atoms with van der Waals surface area (Å²) in [5, 5.41) is 54.6. The normalized spacial score (nSPS) is 19.0. The predicted octanol–water partition coefficient (Wildman–Crippen LogP) is 18.0.